The normalized spacial score (nSPS) is 11.1. The van der Waals surface area contributed by atoms with E-state index < -0.39 is 0 Å². The molecule has 0 radical (unpaired) electrons. The second kappa shape index (κ2) is 7.53. The fourth-order valence-corrected chi connectivity index (χ4v) is 3.88. The van der Waals surface area contributed by atoms with Gasteiger partial charge in [0.1, 0.15) is 12.1 Å². The van der Waals surface area contributed by atoms with Gasteiger partial charge in [0.25, 0.3) is 0 Å². The number of aromatic nitrogens is 4. The van der Waals surface area contributed by atoms with Gasteiger partial charge >= 0.3 is 0 Å². The predicted molar refractivity (Wildman–Crippen MR) is 103 cm³/mol. The number of nitrogen functional groups attached to an aromatic ring is 1. The quantitative estimate of drug-likeness (QED) is 0.550. The molecule has 126 valence electrons. The van der Waals surface area contributed by atoms with Crippen LogP contribution in [0.1, 0.15) is 6.42 Å². The average molecular weight is 456 g/mol. The van der Waals surface area contributed by atoms with Crippen LogP contribution in [0.4, 0.5) is 5.82 Å². The van der Waals surface area contributed by atoms with Gasteiger partial charge in [-0.05, 0) is 53.8 Å². The van der Waals surface area contributed by atoms with Gasteiger partial charge in [-0.2, -0.15) is 0 Å². The molecule has 0 saturated carbocycles. The van der Waals surface area contributed by atoms with Gasteiger partial charge in [-0.15, -0.1) is 0 Å². The molecule has 0 aliphatic heterocycles. The molecule has 1 aromatic carbocycles. The topological polar surface area (TPSA) is 105 Å². The molecule has 0 aliphatic carbocycles. The fourth-order valence-electron chi connectivity index (χ4n) is 2.25. The predicted octanol–water partition coefficient (Wildman–Crippen LogP) is 2.52. The van der Waals surface area contributed by atoms with E-state index in [9.17, 15) is 0 Å². The Hall–Kier alpha value is -1.59. The minimum Gasteiger partial charge on any atom is -0.497 e. The Morgan fingerprint density at radius 2 is 2.17 bits per heavy atom. The number of ether oxygens (including phenoxy) is 1. The minimum atomic E-state index is 0.383. The number of hydrogen-bond donors (Lipinski definition) is 2. The first-order valence-electron chi connectivity index (χ1n) is 7.32. The summed E-state index contributed by atoms with van der Waals surface area (Å²) in [5, 5.41) is 0.816. The van der Waals surface area contributed by atoms with Crippen LogP contribution in [-0.4, -0.2) is 33.2 Å². The Balaban J connectivity index is 2.06. The van der Waals surface area contributed by atoms with E-state index >= 15 is 0 Å². The molecule has 0 atom stereocenters. The molecule has 9 heteroatoms. The Morgan fingerprint density at radius 1 is 1.33 bits per heavy atom. The van der Waals surface area contributed by atoms with Gasteiger partial charge < -0.3 is 20.8 Å². The zero-order chi connectivity index (χ0) is 17.1. The highest BCUT2D eigenvalue weighted by Gasteiger charge is 2.17. The summed E-state index contributed by atoms with van der Waals surface area (Å²) in [6.07, 6.45) is 2.29. The lowest BCUT2D eigenvalue weighted by Crippen LogP contribution is -2.07. The summed E-state index contributed by atoms with van der Waals surface area (Å²) in [5.41, 5.74) is 13.0. The van der Waals surface area contributed by atoms with E-state index in [4.69, 9.17) is 16.2 Å². The summed E-state index contributed by atoms with van der Waals surface area (Å²) in [6.45, 7) is 1.33. The first-order valence-corrected chi connectivity index (χ1v) is 9.21. The zero-order valence-corrected chi connectivity index (χ0v) is 16.0. The number of fused-ring (bicyclic) bond motifs is 1. The molecule has 2 heterocycles. The number of imidazole rings is 1. The monoisotopic (exact) mass is 456 g/mol. The Morgan fingerprint density at radius 3 is 2.92 bits per heavy atom. The van der Waals surface area contributed by atoms with Crippen molar-refractivity contribution >= 4 is 51.3 Å². The van der Waals surface area contributed by atoms with Crippen LogP contribution < -0.4 is 16.2 Å². The van der Waals surface area contributed by atoms with Crippen LogP contribution in [0.5, 0.6) is 5.75 Å². The van der Waals surface area contributed by atoms with Crippen molar-refractivity contribution in [1.29, 1.82) is 0 Å². The molecule has 0 spiro atoms. The maximum atomic E-state index is 5.95. The molecular formula is C15H17IN6OS. The van der Waals surface area contributed by atoms with E-state index in [1.54, 1.807) is 18.9 Å². The Kier molecular flexibility index (Phi) is 5.41. The molecule has 0 amide bonds. The Bertz CT molecular complexity index is 869. The number of anilines is 1. The number of rotatable bonds is 6. The first kappa shape index (κ1) is 17.2. The fraction of sp³-hybridized carbons (Fsp3) is 0.267. The van der Waals surface area contributed by atoms with Gasteiger partial charge in [0.05, 0.1) is 7.11 Å². The average Bonchev–Trinajstić information content (AvgIpc) is 2.94. The van der Waals surface area contributed by atoms with Crippen LogP contribution in [0.25, 0.3) is 11.2 Å². The standard InChI is InChI=1S/C15H17IN6OS/c1-23-9-3-4-10(16)11(7-9)24-15-21-12-13(18)19-8-20-14(12)22(15)6-2-5-17/h3-4,7-8H,2,5-6,17H2,1H3,(H2,18,19,20). The van der Waals surface area contributed by atoms with Crippen molar-refractivity contribution in [3.8, 4) is 5.75 Å². The molecule has 7 nitrogen and oxygen atoms in total. The number of hydrogen-bond acceptors (Lipinski definition) is 7. The second-order valence-electron chi connectivity index (χ2n) is 5.02. The van der Waals surface area contributed by atoms with Crippen LogP contribution in [0.15, 0.2) is 34.6 Å². The van der Waals surface area contributed by atoms with Gasteiger partial charge in [0.2, 0.25) is 0 Å². The van der Waals surface area contributed by atoms with Crippen LogP contribution in [0.2, 0.25) is 0 Å². The van der Waals surface area contributed by atoms with Gasteiger partial charge in [0, 0.05) is 15.0 Å². The highest BCUT2D eigenvalue weighted by Crippen LogP contribution is 2.35. The lowest BCUT2D eigenvalue weighted by molar-refractivity contribution is 0.413. The molecule has 0 aliphatic rings. The number of methoxy groups -OCH3 is 1. The minimum absolute atomic E-state index is 0.383. The number of halogens is 1. The van der Waals surface area contributed by atoms with Crippen molar-refractivity contribution in [2.75, 3.05) is 19.4 Å². The third-order valence-electron chi connectivity index (χ3n) is 3.45. The van der Waals surface area contributed by atoms with E-state index in [1.165, 1.54) is 6.33 Å². The van der Waals surface area contributed by atoms with Crippen molar-refractivity contribution in [3.63, 3.8) is 0 Å². The lowest BCUT2D eigenvalue weighted by atomic mass is 10.3. The van der Waals surface area contributed by atoms with Crippen LogP contribution in [0, 0.1) is 3.57 Å². The number of aryl methyl sites for hydroxylation is 1. The third-order valence-corrected chi connectivity index (χ3v) is 5.81. The molecule has 0 fully saturated rings. The molecule has 3 rings (SSSR count). The smallest absolute Gasteiger partial charge is 0.175 e. The summed E-state index contributed by atoms with van der Waals surface area (Å²) < 4.78 is 8.48. The van der Waals surface area contributed by atoms with Gasteiger partial charge in [-0.3, -0.25) is 0 Å². The maximum Gasteiger partial charge on any atom is 0.175 e. The van der Waals surface area contributed by atoms with Crippen molar-refractivity contribution in [3.05, 3.63) is 28.1 Å². The van der Waals surface area contributed by atoms with Gasteiger partial charge in [0.15, 0.2) is 22.1 Å². The summed E-state index contributed by atoms with van der Waals surface area (Å²) >= 11 is 3.86. The van der Waals surface area contributed by atoms with E-state index in [2.05, 4.69) is 37.5 Å². The van der Waals surface area contributed by atoms with Crippen LogP contribution in [0.3, 0.4) is 0 Å². The highest BCUT2D eigenvalue weighted by molar-refractivity contribution is 14.1. The van der Waals surface area contributed by atoms with Gasteiger partial charge in [-0.1, -0.05) is 11.8 Å². The van der Waals surface area contributed by atoms with Crippen LogP contribution >= 0.6 is 34.4 Å². The largest absolute Gasteiger partial charge is 0.497 e. The van der Waals surface area contributed by atoms with Crippen LogP contribution in [-0.2, 0) is 6.54 Å². The molecular weight excluding hydrogens is 439 g/mol. The SMILES string of the molecule is COc1ccc(I)c(Sc2nc3c(N)ncnc3n2CCCN)c1. The zero-order valence-electron chi connectivity index (χ0n) is 13.1. The summed E-state index contributed by atoms with van der Waals surface area (Å²) in [4.78, 5) is 14.1. The third kappa shape index (κ3) is 3.42. The highest BCUT2D eigenvalue weighted by atomic mass is 127. The Labute approximate surface area is 157 Å². The lowest BCUT2D eigenvalue weighted by Gasteiger charge is -2.09. The molecule has 0 bridgehead atoms. The van der Waals surface area contributed by atoms with E-state index in [-0.39, 0.29) is 0 Å². The summed E-state index contributed by atoms with van der Waals surface area (Å²) in [7, 11) is 1.66. The second-order valence-corrected chi connectivity index (χ2v) is 7.19. The molecule has 0 saturated heterocycles. The summed E-state index contributed by atoms with van der Waals surface area (Å²) in [5.74, 6) is 1.19. The van der Waals surface area contributed by atoms with E-state index in [0.29, 0.717) is 17.9 Å². The van der Waals surface area contributed by atoms with Crippen molar-refractivity contribution in [1.82, 2.24) is 19.5 Å². The molecule has 0 unspecified atom stereocenters. The maximum absolute atomic E-state index is 5.95. The molecule has 3 aromatic rings. The van der Waals surface area contributed by atoms with E-state index in [1.807, 2.05) is 22.8 Å². The summed E-state index contributed by atoms with van der Waals surface area (Å²) in [6, 6.07) is 5.95. The molecule has 4 N–H and O–H groups in total. The number of benzene rings is 1. The van der Waals surface area contributed by atoms with Crippen molar-refractivity contribution < 1.29 is 4.74 Å². The van der Waals surface area contributed by atoms with Gasteiger partial charge in [-0.25, -0.2) is 15.0 Å². The van der Waals surface area contributed by atoms with E-state index in [0.717, 1.165) is 38.0 Å². The molecule has 2 aromatic heterocycles. The first-order chi connectivity index (χ1) is 11.6. The number of nitrogens with two attached hydrogens (primary N) is 2. The van der Waals surface area contributed by atoms with Crippen molar-refractivity contribution in [2.45, 2.75) is 23.0 Å². The van der Waals surface area contributed by atoms with Crippen molar-refractivity contribution in [2.24, 2.45) is 5.73 Å². The molecule has 24 heavy (non-hydrogen) atoms. The number of nitrogens with zero attached hydrogens (tertiary/aromatic N) is 4.